The number of pyridine rings is 1. The quantitative estimate of drug-likeness (QED) is 0.0416. The second kappa shape index (κ2) is 18.4. The van der Waals surface area contributed by atoms with E-state index < -0.39 is 144 Å². The number of nitriles is 1. The zero-order chi connectivity index (χ0) is 52.6. The fraction of sp³-hybridized carbons (Fsp3) is 0. The van der Waals surface area contributed by atoms with Crippen LogP contribution in [0.2, 0.25) is 0 Å². The summed E-state index contributed by atoms with van der Waals surface area (Å²) in [6, 6.07) is 30.3. The molecule has 0 unspecified atom stereocenters. The van der Waals surface area contributed by atoms with Gasteiger partial charge in [0.1, 0.15) is 58.8 Å². The highest BCUT2D eigenvalue weighted by Gasteiger charge is 2.52. The Balaban J connectivity index is 0.000000217. The Morgan fingerprint density at radius 2 is 0.597 bits per heavy atom. The van der Waals surface area contributed by atoms with Crippen molar-refractivity contribution in [3.63, 3.8) is 0 Å². The van der Waals surface area contributed by atoms with Crippen LogP contribution in [0.15, 0.2) is 91.1 Å². The molecule has 1 heterocycles. The maximum Gasteiger partial charge on any atom is 0.265 e. The van der Waals surface area contributed by atoms with Crippen molar-refractivity contribution in [2.75, 3.05) is 0 Å². The van der Waals surface area contributed by atoms with Gasteiger partial charge in [-0.3, -0.25) is 0 Å². The number of hydrogen-bond donors (Lipinski definition) is 0. The summed E-state index contributed by atoms with van der Waals surface area (Å²) < 4.78 is 296. The monoisotopic (exact) mass is 1030 g/mol. The SMILES string of the molecule is Fc1c(F)c(F)c([B-](c2c(F)c(F)c(F)c(F)c2F)(c2c(F)c(F)c(F)c(F)c2F)c2c(F)c(F)c(F)c(F)c2F)c(F)c1F.N#Cc1c2ccccc2c(O[n+]2cccc3ccccc32)c2ccccc12. The van der Waals surface area contributed by atoms with Gasteiger partial charge in [-0.1, -0.05) is 60.7 Å². The van der Waals surface area contributed by atoms with E-state index in [0.29, 0.717) is 5.56 Å². The first-order chi connectivity index (χ1) is 34.1. The van der Waals surface area contributed by atoms with E-state index in [1.807, 2.05) is 79.0 Å². The average molecular weight is 1030 g/mol. The van der Waals surface area contributed by atoms with E-state index in [1.165, 1.54) is 0 Å². The Bertz CT molecular complexity index is 3380. The second-order valence-electron chi connectivity index (χ2n) is 15.2. The lowest BCUT2D eigenvalue weighted by Crippen LogP contribution is -2.81. The van der Waals surface area contributed by atoms with Crippen LogP contribution in [0.4, 0.5) is 87.8 Å². The van der Waals surface area contributed by atoms with E-state index in [-0.39, 0.29) is 0 Å². The van der Waals surface area contributed by atoms with Gasteiger partial charge in [-0.15, -0.1) is 21.9 Å². The molecule has 72 heavy (non-hydrogen) atoms. The molecule has 0 spiro atoms. The summed E-state index contributed by atoms with van der Waals surface area (Å²) in [7, 11) is 0. The molecular weight excluding hydrogens is 1010 g/mol. The van der Waals surface area contributed by atoms with Gasteiger partial charge in [-0.2, -0.15) is 5.26 Å². The summed E-state index contributed by atoms with van der Waals surface area (Å²) in [5.41, 5.74) is -12.7. The maximum absolute atomic E-state index is 15.4. The third kappa shape index (κ3) is 7.27. The maximum atomic E-state index is 15.4. The van der Waals surface area contributed by atoms with Gasteiger partial charge < -0.3 is 0 Å². The van der Waals surface area contributed by atoms with Gasteiger partial charge >= 0.3 is 0 Å². The van der Waals surface area contributed by atoms with Crippen LogP contribution in [0.25, 0.3) is 32.4 Å². The lowest BCUT2D eigenvalue weighted by Gasteiger charge is -2.44. The van der Waals surface area contributed by atoms with Gasteiger partial charge in [0.15, 0.2) is 69.8 Å². The fourth-order valence-electron chi connectivity index (χ4n) is 8.49. The van der Waals surface area contributed by atoms with Crippen LogP contribution in [0.5, 0.6) is 5.75 Å². The Morgan fingerprint density at radius 1 is 0.333 bits per heavy atom. The number of hydrogen-bond acceptors (Lipinski definition) is 2. The number of halogens is 20. The van der Waals surface area contributed by atoms with E-state index in [2.05, 4.69) is 18.2 Å². The Labute approximate surface area is 387 Å². The largest absolute Gasteiger partial charge is 0.265 e. The van der Waals surface area contributed by atoms with Gasteiger partial charge in [-0.05, 0) is 12.1 Å². The van der Waals surface area contributed by atoms with Crippen molar-refractivity contribution in [2.24, 2.45) is 0 Å². The second-order valence-corrected chi connectivity index (χ2v) is 15.2. The van der Waals surface area contributed by atoms with Crippen LogP contribution in [-0.4, -0.2) is 6.15 Å². The molecule has 9 rings (SSSR count). The number of rotatable bonds is 6. The van der Waals surface area contributed by atoms with E-state index in [9.17, 15) is 57.9 Å². The van der Waals surface area contributed by atoms with Gasteiger partial charge in [-0.25, -0.2) is 92.6 Å². The summed E-state index contributed by atoms with van der Waals surface area (Å²) in [4.78, 5) is 6.42. The smallest absolute Gasteiger partial charge is 0.230 e. The summed E-state index contributed by atoms with van der Waals surface area (Å²) in [5.74, 6) is -70.7. The third-order valence-corrected chi connectivity index (χ3v) is 11.6. The minimum atomic E-state index is -7.22. The van der Waals surface area contributed by atoms with Gasteiger partial charge in [0.2, 0.25) is 11.9 Å². The molecule has 0 saturated heterocycles. The first-order valence-electron chi connectivity index (χ1n) is 19.7. The van der Waals surface area contributed by atoms with Crippen molar-refractivity contribution in [1.82, 2.24) is 0 Å². The molecule has 0 aliphatic heterocycles. The molecule has 1 aromatic heterocycles. The lowest BCUT2D eigenvalue weighted by molar-refractivity contribution is -0.853. The molecule has 0 radical (unpaired) electrons. The predicted molar refractivity (Wildman–Crippen MR) is 216 cm³/mol. The number of aromatic nitrogens is 1. The van der Waals surface area contributed by atoms with Crippen LogP contribution in [0.1, 0.15) is 5.56 Å². The predicted octanol–water partition coefficient (Wildman–Crippen LogP) is 11.0. The Hall–Kier alpha value is -8.36. The number of benzene rings is 8. The van der Waals surface area contributed by atoms with Crippen LogP contribution < -0.4 is 31.4 Å². The van der Waals surface area contributed by atoms with E-state index >= 15 is 35.1 Å². The molecule has 0 saturated carbocycles. The van der Waals surface area contributed by atoms with Crippen molar-refractivity contribution in [1.29, 1.82) is 5.26 Å². The zero-order valence-electron chi connectivity index (χ0n) is 34.6. The van der Waals surface area contributed by atoms with Crippen molar-refractivity contribution in [3.05, 3.63) is 213 Å². The number of fused-ring (bicyclic) bond motifs is 3. The minimum absolute atomic E-state index is 0.677. The normalized spacial score (nSPS) is 11.6. The van der Waals surface area contributed by atoms with Gasteiger partial charge in [0.05, 0.1) is 10.9 Å². The average Bonchev–Trinajstić information content (AvgIpc) is 3.38. The van der Waals surface area contributed by atoms with Gasteiger partial charge in [0.25, 0.3) is 5.52 Å². The van der Waals surface area contributed by atoms with Crippen molar-refractivity contribution in [3.8, 4) is 11.8 Å². The summed E-state index contributed by atoms with van der Waals surface area (Å²) >= 11 is 0. The fourth-order valence-corrected chi connectivity index (χ4v) is 8.49. The summed E-state index contributed by atoms with van der Waals surface area (Å²) in [6.07, 6.45) is -5.31. The Morgan fingerprint density at radius 3 is 0.917 bits per heavy atom. The molecule has 3 nitrogen and oxygen atoms in total. The standard InChI is InChI=1S/C24BF20.C24H15N2O/c26-5-1(6(27)14(35)21(42)13(5)34)25(2-7(28)15(36)22(43)16(37)8(2)29,3-9(30)17(38)23(44)18(39)10(3)31)4-11(32)19(40)24(45)20(41)12(4)33;25-16-22-18-10-2-4-12-20(18)24(21-13-5-3-11-19(21)22)27-26-15-7-9-17-8-1-6-14-23(17)26/h;1-15H/q-1;+1. The first kappa shape index (κ1) is 50.0. The van der Waals surface area contributed by atoms with Crippen molar-refractivity contribution in [2.45, 2.75) is 0 Å². The van der Waals surface area contributed by atoms with Crippen LogP contribution in [0, 0.1) is 128 Å². The molecule has 0 bridgehead atoms. The molecule has 0 aliphatic carbocycles. The third-order valence-electron chi connectivity index (χ3n) is 11.6. The number of para-hydroxylation sites is 1. The Kier molecular flexibility index (Phi) is 12.8. The lowest BCUT2D eigenvalue weighted by atomic mass is 9.12. The zero-order valence-corrected chi connectivity index (χ0v) is 34.6. The molecule has 0 fully saturated rings. The van der Waals surface area contributed by atoms with Crippen LogP contribution in [-0.2, 0) is 0 Å². The van der Waals surface area contributed by atoms with Crippen molar-refractivity contribution < 1.29 is 97.4 Å². The van der Waals surface area contributed by atoms with E-state index in [1.54, 1.807) is 4.73 Å². The highest BCUT2D eigenvalue weighted by Crippen LogP contribution is 2.38. The molecule has 0 aliphatic rings. The molecule has 0 N–H and O–H groups in total. The van der Waals surface area contributed by atoms with Gasteiger partial charge in [0, 0.05) is 38.4 Å². The molecule has 0 atom stereocenters. The van der Waals surface area contributed by atoms with Crippen molar-refractivity contribution >= 4 is 60.4 Å². The molecule has 9 aromatic rings. The van der Waals surface area contributed by atoms with E-state index in [4.69, 9.17) is 4.84 Å². The minimum Gasteiger partial charge on any atom is -0.230 e. The van der Waals surface area contributed by atoms with Crippen LogP contribution in [0.3, 0.4) is 0 Å². The molecular formula is C48H15BF20N2O. The highest BCUT2D eigenvalue weighted by molar-refractivity contribution is 7.20. The molecule has 8 aromatic carbocycles. The summed E-state index contributed by atoms with van der Waals surface area (Å²) in [5, 5.41) is 14.5. The van der Waals surface area contributed by atoms with E-state index in [0.717, 1.165) is 38.2 Å². The summed E-state index contributed by atoms with van der Waals surface area (Å²) in [6.45, 7) is 0. The molecule has 366 valence electrons. The first-order valence-corrected chi connectivity index (χ1v) is 19.7. The molecule has 24 heteroatoms. The van der Waals surface area contributed by atoms with Crippen LogP contribution >= 0.6 is 0 Å². The highest BCUT2D eigenvalue weighted by atomic mass is 19.2. The molecule has 0 amide bonds. The number of nitrogens with zero attached hydrogens (tertiary/aromatic N) is 2. The topological polar surface area (TPSA) is 36.9 Å².